The molecule has 1 rings (SSSR count). The molecule has 1 aromatic heterocycles. The third kappa shape index (κ3) is 1.08. The van der Waals surface area contributed by atoms with Crippen LogP contribution in [-0.4, -0.2) is 4.98 Å². The zero-order valence-corrected chi connectivity index (χ0v) is 4.43. The summed E-state index contributed by atoms with van der Waals surface area (Å²) in [6, 6.07) is 1.78. The zero-order chi connectivity index (χ0) is 5.11. The first-order valence-electron chi connectivity index (χ1n) is 1.88. The SMILES string of the molecule is [S-][n+]1cccnc1. The van der Waals surface area contributed by atoms with Crippen LogP contribution in [0.1, 0.15) is 0 Å². The van der Waals surface area contributed by atoms with Crippen LogP contribution in [0.4, 0.5) is 0 Å². The van der Waals surface area contributed by atoms with Crippen molar-refractivity contribution in [3.63, 3.8) is 0 Å². The third-order valence-corrected chi connectivity index (χ3v) is 0.802. The van der Waals surface area contributed by atoms with Crippen LogP contribution in [0.25, 0.3) is 0 Å². The van der Waals surface area contributed by atoms with Crippen LogP contribution in [-0.2, 0) is 12.8 Å². The molecule has 0 aliphatic rings. The van der Waals surface area contributed by atoms with Gasteiger partial charge in [0.25, 0.3) is 6.33 Å². The summed E-state index contributed by atoms with van der Waals surface area (Å²) in [5.74, 6) is 0. The molecule has 0 atom stereocenters. The van der Waals surface area contributed by atoms with Crippen LogP contribution >= 0.6 is 0 Å². The maximum absolute atomic E-state index is 4.67. The third-order valence-electron chi connectivity index (χ3n) is 0.586. The van der Waals surface area contributed by atoms with Gasteiger partial charge in [-0.05, 0) is 0 Å². The minimum absolute atomic E-state index is 1.47. The molecule has 2 nitrogen and oxygen atoms in total. The van der Waals surface area contributed by atoms with Crippen molar-refractivity contribution >= 4 is 12.8 Å². The summed E-state index contributed by atoms with van der Waals surface area (Å²) in [5, 5.41) is 0. The van der Waals surface area contributed by atoms with Gasteiger partial charge in [0.15, 0.2) is 0 Å². The first-order valence-corrected chi connectivity index (χ1v) is 2.25. The highest BCUT2D eigenvalue weighted by Gasteiger charge is 1.73. The maximum Gasteiger partial charge on any atom is 0.268 e. The average Bonchev–Trinajstić information content (AvgIpc) is 1.69. The van der Waals surface area contributed by atoms with Gasteiger partial charge in [-0.25, -0.2) is 0 Å². The van der Waals surface area contributed by atoms with Gasteiger partial charge in [-0.3, -0.25) is 0 Å². The lowest BCUT2D eigenvalue weighted by atomic mass is 10.7. The predicted molar refractivity (Wildman–Crippen MR) is 27.2 cm³/mol. The molecule has 7 heavy (non-hydrogen) atoms. The molecule has 0 amide bonds. The highest BCUT2D eigenvalue weighted by atomic mass is 32.1. The Kier molecular flexibility index (Phi) is 1.17. The second-order valence-corrected chi connectivity index (χ2v) is 1.54. The monoisotopic (exact) mass is 112 g/mol. The van der Waals surface area contributed by atoms with Gasteiger partial charge in [-0.2, -0.15) is 0 Å². The molecule has 0 radical (unpaired) electrons. The highest BCUT2D eigenvalue weighted by molar-refractivity contribution is 7.50. The molecule has 0 saturated carbocycles. The topological polar surface area (TPSA) is 16.8 Å². The van der Waals surface area contributed by atoms with Gasteiger partial charge in [0.2, 0.25) is 0 Å². The number of rotatable bonds is 0. The van der Waals surface area contributed by atoms with E-state index in [0.717, 1.165) is 0 Å². The average molecular weight is 112 g/mol. The fourth-order valence-electron chi connectivity index (χ4n) is 0.316. The van der Waals surface area contributed by atoms with Gasteiger partial charge in [-0.1, -0.05) is 4.98 Å². The Bertz CT molecular complexity index is 140. The predicted octanol–water partition coefficient (Wildman–Crippen LogP) is -0.321. The summed E-state index contributed by atoms with van der Waals surface area (Å²) >= 11 is 4.67. The Hall–Kier alpha value is -0.700. The molecule has 1 aromatic rings. The molecule has 0 spiro atoms. The molecule has 0 aliphatic carbocycles. The first kappa shape index (κ1) is 4.46. The second-order valence-electron chi connectivity index (χ2n) is 1.12. The molecule has 0 N–H and O–H groups in total. The van der Waals surface area contributed by atoms with Crippen LogP contribution in [0, 0.1) is 0 Å². The van der Waals surface area contributed by atoms with Crippen LogP contribution in [0.2, 0.25) is 0 Å². The van der Waals surface area contributed by atoms with E-state index in [2.05, 4.69) is 17.8 Å². The minimum Gasteiger partial charge on any atom is -0.555 e. The Balaban J connectivity index is 3.02. The molecule has 0 aromatic carbocycles. The van der Waals surface area contributed by atoms with Crippen molar-refractivity contribution in [1.82, 2.24) is 4.98 Å². The minimum atomic E-state index is 1.47. The maximum atomic E-state index is 4.67. The molecule has 0 bridgehead atoms. The fraction of sp³-hybridized carbons (Fsp3) is 0. The zero-order valence-electron chi connectivity index (χ0n) is 3.61. The summed E-state index contributed by atoms with van der Waals surface area (Å²) in [5.41, 5.74) is 0. The highest BCUT2D eigenvalue weighted by Crippen LogP contribution is 1.64. The molecular formula is C4H4N2S. The van der Waals surface area contributed by atoms with Crippen LogP contribution < -0.4 is 3.97 Å². The molecule has 0 aliphatic heterocycles. The molecular weight excluding hydrogens is 108 g/mol. The molecule has 3 heteroatoms. The van der Waals surface area contributed by atoms with E-state index in [1.165, 1.54) is 3.97 Å². The lowest BCUT2D eigenvalue weighted by Crippen LogP contribution is -2.24. The number of hydrogen-bond acceptors (Lipinski definition) is 2. The Morgan fingerprint density at radius 1 is 1.57 bits per heavy atom. The van der Waals surface area contributed by atoms with E-state index in [0.29, 0.717) is 0 Å². The molecule has 0 unspecified atom stereocenters. The molecule has 36 valence electrons. The summed E-state index contributed by atoms with van der Waals surface area (Å²) in [7, 11) is 0. The van der Waals surface area contributed by atoms with Crippen LogP contribution in [0.15, 0.2) is 24.8 Å². The standard InChI is InChI=1S/C4H4N2S/c7-6-3-1-2-5-4-6/h1-4H. The van der Waals surface area contributed by atoms with Gasteiger partial charge in [0.1, 0.15) is 6.20 Å². The number of aromatic nitrogens is 2. The van der Waals surface area contributed by atoms with E-state index in [4.69, 9.17) is 0 Å². The Labute approximate surface area is 47.4 Å². The summed E-state index contributed by atoms with van der Waals surface area (Å²) in [4.78, 5) is 3.74. The summed E-state index contributed by atoms with van der Waals surface area (Å²) in [6.45, 7) is 0. The van der Waals surface area contributed by atoms with Gasteiger partial charge in [0.05, 0.1) is 6.20 Å². The first-order chi connectivity index (χ1) is 3.39. The van der Waals surface area contributed by atoms with Crippen molar-refractivity contribution in [2.75, 3.05) is 0 Å². The lowest BCUT2D eigenvalue weighted by molar-refractivity contribution is -0.496. The van der Waals surface area contributed by atoms with Crippen molar-refractivity contribution in [2.24, 2.45) is 0 Å². The second kappa shape index (κ2) is 1.84. The molecule has 1 heterocycles. The molecule has 0 fully saturated rings. The van der Waals surface area contributed by atoms with E-state index in [1.54, 1.807) is 24.8 Å². The van der Waals surface area contributed by atoms with Crippen LogP contribution in [0.5, 0.6) is 0 Å². The fourth-order valence-corrected chi connectivity index (χ4v) is 0.440. The van der Waals surface area contributed by atoms with Crippen molar-refractivity contribution in [2.45, 2.75) is 0 Å². The van der Waals surface area contributed by atoms with Gasteiger partial charge >= 0.3 is 0 Å². The lowest BCUT2D eigenvalue weighted by Gasteiger charge is -1.93. The Morgan fingerprint density at radius 3 is 2.71 bits per heavy atom. The van der Waals surface area contributed by atoms with E-state index in [1.807, 2.05) is 0 Å². The normalized spacial score (nSPS) is 8.57. The van der Waals surface area contributed by atoms with Gasteiger partial charge < -0.3 is 16.8 Å². The van der Waals surface area contributed by atoms with Gasteiger partial charge in [-0.15, -0.1) is 0 Å². The van der Waals surface area contributed by atoms with E-state index in [-0.39, 0.29) is 0 Å². The summed E-state index contributed by atoms with van der Waals surface area (Å²) < 4.78 is 1.47. The van der Waals surface area contributed by atoms with Crippen molar-refractivity contribution in [3.8, 4) is 0 Å². The quantitative estimate of drug-likeness (QED) is 0.338. The van der Waals surface area contributed by atoms with Crippen LogP contribution in [0.3, 0.4) is 0 Å². The van der Waals surface area contributed by atoms with Crippen molar-refractivity contribution < 1.29 is 3.97 Å². The van der Waals surface area contributed by atoms with E-state index >= 15 is 0 Å². The van der Waals surface area contributed by atoms with E-state index in [9.17, 15) is 0 Å². The number of hydrogen-bond donors (Lipinski definition) is 0. The molecule has 0 saturated heterocycles. The van der Waals surface area contributed by atoms with E-state index < -0.39 is 0 Å². The van der Waals surface area contributed by atoms with Crippen molar-refractivity contribution in [1.29, 1.82) is 0 Å². The Morgan fingerprint density at radius 2 is 2.43 bits per heavy atom. The smallest absolute Gasteiger partial charge is 0.268 e. The number of nitrogens with zero attached hydrogens (tertiary/aromatic N) is 2. The van der Waals surface area contributed by atoms with Gasteiger partial charge in [0, 0.05) is 6.07 Å². The van der Waals surface area contributed by atoms with Crippen molar-refractivity contribution in [3.05, 3.63) is 24.8 Å². The largest absolute Gasteiger partial charge is 0.555 e. The summed E-state index contributed by atoms with van der Waals surface area (Å²) in [6.07, 6.45) is 5.00.